The summed E-state index contributed by atoms with van der Waals surface area (Å²) >= 11 is 1.66. The van der Waals surface area contributed by atoms with Crippen LogP contribution in [-0.2, 0) is 15.8 Å². The van der Waals surface area contributed by atoms with Crippen LogP contribution in [0.2, 0.25) is 0 Å². The standard InChI is InChI=1S/C23H26N2O6S2/c1-25(33(27,28)20-10-11-21(29-2)22(15-20)30-3)18-8-6-17(7-9-18)23(26)24-12-14-32-16-19-5-4-13-31-19/h4-11,13,15H,12,14,16H2,1-3H3,(H,24,26). The van der Waals surface area contributed by atoms with Crippen LogP contribution in [0.1, 0.15) is 16.1 Å². The molecule has 0 fully saturated rings. The Hall–Kier alpha value is -3.11. The van der Waals surface area contributed by atoms with Crippen molar-refractivity contribution in [2.24, 2.45) is 0 Å². The van der Waals surface area contributed by atoms with Crippen molar-refractivity contribution in [3.63, 3.8) is 0 Å². The predicted octanol–water partition coefficient (Wildman–Crippen LogP) is 3.79. The summed E-state index contributed by atoms with van der Waals surface area (Å²) in [6.07, 6.45) is 1.64. The van der Waals surface area contributed by atoms with Gasteiger partial charge >= 0.3 is 0 Å². The van der Waals surface area contributed by atoms with Crippen LogP contribution in [0.3, 0.4) is 0 Å². The number of carbonyl (C=O) groups excluding carboxylic acids is 1. The number of methoxy groups -OCH3 is 2. The van der Waals surface area contributed by atoms with E-state index in [1.807, 2.05) is 12.1 Å². The van der Waals surface area contributed by atoms with Crippen LogP contribution in [0.25, 0.3) is 0 Å². The first kappa shape index (κ1) is 24.5. The average Bonchev–Trinajstić information content (AvgIpc) is 3.36. The first-order valence-electron chi connectivity index (χ1n) is 10.1. The van der Waals surface area contributed by atoms with E-state index >= 15 is 0 Å². The van der Waals surface area contributed by atoms with E-state index in [9.17, 15) is 13.2 Å². The topological polar surface area (TPSA) is 98.1 Å². The minimum Gasteiger partial charge on any atom is -0.493 e. The predicted molar refractivity (Wildman–Crippen MR) is 129 cm³/mol. The maximum atomic E-state index is 13.0. The van der Waals surface area contributed by atoms with Crippen LogP contribution < -0.4 is 19.1 Å². The molecule has 0 aliphatic heterocycles. The van der Waals surface area contributed by atoms with E-state index in [1.165, 1.54) is 33.4 Å². The summed E-state index contributed by atoms with van der Waals surface area (Å²) in [7, 11) is 0.546. The van der Waals surface area contributed by atoms with Crippen LogP contribution in [0.4, 0.5) is 5.69 Å². The maximum Gasteiger partial charge on any atom is 0.264 e. The molecule has 2 aromatic carbocycles. The van der Waals surface area contributed by atoms with Gasteiger partial charge in [0.15, 0.2) is 11.5 Å². The Morgan fingerprint density at radius 1 is 1.06 bits per heavy atom. The lowest BCUT2D eigenvalue weighted by atomic mass is 10.2. The highest BCUT2D eigenvalue weighted by atomic mass is 32.2. The van der Waals surface area contributed by atoms with Crippen molar-refractivity contribution < 1.29 is 27.1 Å². The highest BCUT2D eigenvalue weighted by molar-refractivity contribution is 7.98. The number of rotatable bonds is 11. The highest BCUT2D eigenvalue weighted by Gasteiger charge is 2.23. The molecule has 176 valence electrons. The van der Waals surface area contributed by atoms with Gasteiger partial charge < -0.3 is 19.2 Å². The fourth-order valence-corrected chi connectivity index (χ4v) is 4.97. The average molecular weight is 491 g/mol. The molecule has 1 heterocycles. The van der Waals surface area contributed by atoms with Crippen molar-refractivity contribution in [3.05, 3.63) is 72.2 Å². The molecule has 10 heteroatoms. The molecule has 0 saturated heterocycles. The van der Waals surface area contributed by atoms with E-state index in [2.05, 4.69) is 5.32 Å². The summed E-state index contributed by atoms with van der Waals surface area (Å²) in [5.74, 6) is 2.93. The molecule has 0 spiro atoms. The summed E-state index contributed by atoms with van der Waals surface area (Å²) in [6, 6.07) is 14.6. The second-order valence-electron chi connectivity index (χ2n) is 6.92. The zero-order valence-electron chi connectivity index (χ0n) is 18.6. The Morgan fingerprint density at radius 3 is 2.42 bits per heavy atom. The molecule has 0 saturated carbocycles. The largest absolute Gasteiger partial charge is 0.493 e. The summed E-state index contributed by atoms with van der Waals surface area (Å²) < 4.78 is 42.9. The third-order valence-corrected chi connectivity index (χ3v) is 7.63. The Morgan fingerprint density at radius 2 is 1.79 bits per heavy atom. The number of sulfonamides is 1. The van der Waals surface area contributed by atoms with Gasteiger partial charge in [0.05, 0.1) is 36.8 Å². The van der Waals surface area contributed by atoms with Crippen LogP contribution in [-0.4, -0.2) is 47.9 Å². The van der Waals surface area contributed by atoms with Gasteiger partial charge in [0.1, 0.15) is 5.76 Å². The zero-order valence-corrected chi connectivity index (χ0v) is 20.2. The van der Waals surface area contributed by atoms with Gasteiger partial charge in [-0.2, -0.15) is 11.8 Å². The third kappa shape index (κ3) is 6.02. The lowest BCUT2D eigenvalue weighted by Crippen LogP contribution is -2.27. The van der Waals surface area contributed by atoms with Crippen LogP contribution in [0.15, 0.2) is 70.2 Å². The van der Waals surface area contributed by atoms with Gasteiger partial charge in [-0.1, -0.05) is 0 Å². The highest BCUT2D eigenvalue weighted by Crippen LogP contribution is 2.31. The number of hydrogen-bond acceptors (Lipinski definition) is 7. The zero-order chi connectivity index (χ0) is 23.8. The fraction of sp³-hybridized carbons (Fsp3) is 0.261. The number of benzene rings is 2. The molecule has 0 aliphatic rings. The third-order valence-electron chi connectivity index (χ3n) is 4.86. The molecule has 1 aromatic heterocycles. The first-order valence-corrected chi connectivity index (χ1v) is 12.7. The van der Waals surface area contributed by atoms with Crippen molar-refractivity contribution in [2.75, 3.05) is 37.9 Å². The SMILES string of the molecule is COc1ccc(S(=O)(=O)N(C)c2ccc(C(=O)NCCSCc3ccco3)cc2)cc1OC. The van der Waals surface area contributed by atoms with E-state index in [0.29, 0.717) is 29.3 Å². The second-order valence-corrected chi connectivity index (χ2v) is 10.00. The monoisotopic (exact) mass is 490 g/mol. The quantitative estimate of drug-likeness (QED) is 0.409. The smallest absolute Gasteiger partial charge is 0.264 e. The number of carbonyl (C=O) groups is 1. The molecule has 0 unspecified atom stereocenters. The normalized spacial score (nSPS) is 11.1. The molecule has 8 nitrogen and oxygen atoms in total. The Balaban J connectivity index is 1.59. The van der Waals surface area contributed by atoms with Gasteiger partial charge in [-0.25, -0.2) is 8.42 Å². The Kier molecular flexibility index (Phi) is 8.29. The molecule has 3 rings (SSSR count). The minimum absolute atomic E-state index is 0.0662. The molecule has 0 atom stereocenters. The summed E-state index contributed by atoms with van der Waals surface area (Å²) in [6.45, 7) is 0.513. The number of anilines is 1. The number of ether oxygens (including phenoxy) is 2. The van der Waals surface area contributed by atoms with Gasteiger partial charge in [-0.05, 0) is 48.5 Å². The van der Waals surface area contributed by atoms with Crippen LogP contribution in [0.5, 0.6) is 11.5 Å². The van der Waals surface area contributed by atoms with E-state index < -0.39 is 10.0 Å². The molecule has 1 N–H and O–H groups in total. The number of nitrogens with one attached hydrogen (secondary N) is 1. The van der Waals surface area contributed by atoms with Crippen molar-refractivity contribution in [1.29, 1.82) is 0 Å². The van der Waals surface area contributed by atoms with Crippen LogP contribution >= 0.6 is 11.8 Å². The Bertz CT molecular complexity index is 1160. The van der Waals surface area contributed by atoms with E-state index in [-0.39, 0.29) is 10.8 Å². The van der Waals surface area contributed by atoms with Crippen molar-refractivity contribution >= 4 is 33.4 Å². The number of hydrogen-bond donors (Lipinski definition) is 1. The van der Waals surface area contributed by atoms with Gasteiger partial charge in [-0.15, -0.1) is 0 Å². The maximum absolute atomic E-state index is 13.0. The first-order chi connectivity index (χ1) is 15.9. The molecule has 3 aromatic rings. The molecule has 0 radical (unpaired) electrons. The lowest BCUT2D eigenvalue weighted by Gasteiger charge is -2.20. The van der Waals surface area contributed by atoms with Crippen molar-refractivity contribution in [2.45, 2.75) is 10.6 Å². The van der Waals surface area contributed by atoms with Gasteiger partial charge in [-0.3, -0.25) is 9.10 Å². The van der Waals surface area contributed by atoms with Crippen molar-refractivity contribution in [3.8, 4) is 11.5 Å². The van der Waals surface area contributed by atoms with E-state index in [1.54, 1.807) is 48.4 Å². The minimum atomic E-state index is -3.84. The van der Waals surface area contributed by atoms with Gasteiger partial charge in [0, 0.05) is 31.0 Å². The molecule has 0 bridgehead atoms. The van der Waals surface area contributed by atoms with Gasteiger partial charge in [0.2, 0.25) is 0 Å². The number of amides is 1. The lowest BCUT2D eigenvalue weighted by molar-refractivity contribution is 0.0956. The van der Waals surface area contributed by atoms with Gasteiger partial charge in [0.25, 0.3) is 15.9 Å². The van der Waals surface area contributed by atoms with Crippen molar-refractivity contribution in [1.82, 2.24) is 5.32 Å². The number of nitrogens with zero attached hydrogens (tertiary/aromatic N) is 1. The number of thioether (sulfide) groups is 1. The van der Waals surface area contributed by atoms with E-state index in [0.717, 1.165) is 21.6 Å². The number of furan rings is 1. The Labute approximate surface area is 197 Å². The molecule has 1 amide bonds. The summed E-state index contributed by atoms with van der Waals surface area (Å²) in [4.78, 5) is 12.4. The summed E-state index contributed by atoms with van der Waals surface area (Å²) in [5, 5.41) is 2.86. The second kappa shape index (κ2) is 11.2. The molecule has 33 heavy (non-hydrogen) atoms. The molecular weight excluding hydrogens is 464 g/mol. The molecular formula is C23H26N2O6S2. The fourth-order valence-electron chi connectivity index (χ4n) is 3.00. The summed E-state index contributed by atoms with van der Waals surface area (Å²) in [5.41, 5.74) is 0.877. The van der Waals surface area contributed by atoms with Crippen LogP contribution in [0, 0.1) is 0 Å². The molecule has 0 aliphatic carbocycles. The van der Waals surface area contributed by atoms with E-state index in [4.69, 9.17) is 13.9 Å².